The smallest absolute Gasteiger partial charge is 0.124 e. The van der Waals surface area contributed by atoms with Crippen LogP contribution < -0.4 is 0 Å². The number of aliphatic hydroxyl groups excluding tert-OH is 1. The molecular weight excluding hydrogens is 275 g/mol. The Morgan fingerprint density at radius 1 is 1.40 bits per heavy atom. The zero-order chi connectivity index (χ0) is 14.5. The van der Waals surface area contributed by atoms with Crippen molar-refractivity contribution in [3.63, 3.8) is 0 Å². The Morgan fingerprint density at radius 2 is 2.20 bits per heavy atom. The summed E-state index contributed by atoms with van der Waals surface area (Å²) in [5, 5.41) is 14.4. The summed E-state index contributed by atoms with van der Waals surface area (Å²) in [6, 6.07) is 8.45. The number of thioether (sulfide) groups is 1. The van der Waals surface area contributed by atoms with E-state index >= 15 is 0 Å². The van der Waals surface area contributed by atoms with Gasteiger partial charge in [0.05, 0.1) is 11.8 Å². The normalized spacial score (nSPS) is 12.6. The van der Waals surface area contributed by atoms with Gasteiger partial charge >= 0.3 is 0 Å². The number of nitrogens with zero attached hydrogens (tertiary/aromatic N) is 2. The van der Waals surface area contributed by atoms with E-state index in [9.17, 15) is 9.50 Å². The summed E-state index contributed by atoms with van der Waals surface area (Å²) in [5.74, 6) is 0.291. The zero-order valence-corrected chi connectivity index (χ0v) is 12.5. The van der Waals surface area contributed by atoms with Crippen LogP contribution in [0, 0.1) is 5.82 Å². The van der Waals surface area contributed by atoms with Crippen LogP contribution in [0.15, 0.2) is 35.2 Å². The van der Waals surface area contributed by atoms with E-state index in [4.69, 9.17) is 0 Å². The molecule has 20 heavy (non-hydrogen) atoms. The Labute approximate surface area is 122 Å². The average molecular weight is 294 g/mol. The highest BCUT2D eigenvalue weighted by Crippen LogP contribution is 2.20. The molecule has 1 N–H and O–H groups in total. The minimum Gasteiger partial charge on any atom is -0.392 e. The molecule has 0 aliphatic rings. The summed E-state index contributed by atoms with van der Waals surface area (Å²) in [6.45, 7) is 2.06. The molecule has 5 heteroatoms. The van der Waals surface area contributed by atoms with Gasteiger partial charge in [-0.2, -0.15) is 5.10 Å². The molecule has 0 saturated heterocycles. The van der Waals surface area contributed by atoms with Crippen LogP contribution in [-0.2, 0) is 19.9 Å². The van der Waals surface area contributed by atoms with Gasteiger partial charge in [-0.25, -0.2) is 4.39 Å². The number of rotatable bonds is 6. The first kappa shape index (κ1) is 15.1. The second-order valence-electron chi connectivity index (χ2n) is 4.73. The average Bonchev–Trinajstić information content (AvgIpc) is 2.77. The molecule has 1 atom stereocenters. The van der Waals surface area contributed by atoms with Crippen molar-refractivity contribution in [3.8, 4) is 0 Å². The number of halogens is 1. The molecule has 2 rings (SSSR count). The molecule has 1 aromatic carbocycles. The minimum absolute atomic E-state index is 0.247. The van der Waals surface area contributed by atoms with Gasteiger partial charge in [0.2, 0.25) is 0 Å². The van der Waals surface area contributed by atoms with Crippen LogP contribution in [0.2, 0.25) is 0 Å². The molecule has 0 bridgehead atoms. The molecule has 0 aliphatic carbocycles. The molecule has 1 aromatic heterocycles. The van der Waals surface area contributed by atoms with E-state index in [1.165, 1.54) is 23.9 Å². The maximum absolute atomic E-state index is 13.0. The Bertz CT molecular complexity index is 571. The van der Waals surface area contributed by atoms with Crippen LogP contribution in [0.5, 0.6) is 0 Å². The Kier molecular flexibility index (Phi) is 5.20. The SMILES string of the molecule is CCc1cc(CC(O)CSc2cccc(F)c2)n(C)n1. The van der Waals surface area contributed by atoms with Gasteiger partial charge in [-0.1, -0.05) is 13.0 Å². The quantitative estimate of drug-likeness (QED) is 0.833. The molecule has 2 aromatic rings. The van der Waals surface area contributed by atoms with Crippen LogP contribution in [0.1, 0.15) is 18.3 Å². The summed E-state index contributed by atoms with van der Waals surface area (Å²) in [6.07, 6.45) is 0.983. The first-order valence-corrected chi connectivity index (χ1v) is 7.65. The Morgan fingerprint density at radius 3 is 2.85 bits per heavy atom. The van der Waals surface area contributed by atoms with E-state index in [-0.39, 0.29) is 5.82 Å². The fourth-order valence-corrected chi connectivity index (χ4v) is 2.86. The van der Waals surface area contributed by atoms with Crippen molar-refractivity contribution in [2.75, 3.05) is 5.75 Å². The second kappa shape index (κ2) is 6.90. The number of hydrogen-bond acceptors (Lipinski definition) is 3. The number of aryl methyl sites for hydroxylation is 2. The summed E-state index contributed by atoms with van der Waals surface area (Å²) in [5.41, 5.74) is 2.06. The van der Waals surface area contributed by atoms with E-state index < -0.39 is 6.10 Å². The topological polar surface area (TPSA) is 38.0 Å². The summed E-state index contributed by atoms with van der Waals surface area (Å²) in [4.78, 5) is 0.836. The van der Waals surface area contributed by atoms with Crippen LogP contribution >= 0.6 is 11.8 Å². The van der Waals surface area contributed by atoms with Crippen molar-refractivity contribution in [3.05, 3.63) is 47.5 Å². The summed E-state index contributed by atoms with van der Waals surface area (Å²) in [7, 11) is 1.89. The molecule has 0 radical (unpaired) electrons. The fourth-order valence-electron chi connectivity index (χ4n) is 1.98. The molecule has 3 nitrogen and oxygen atoms in total. The van der Waals surface area contributed by atoms with Crippen molar-refractivity contribution < 1.29 is 9.50 Å². The van der Waals surface area contributed by atoms with Crippen LogP contribution in [-0.4, -0.2) is 26.7 Å². The fraction of sp³-hybridized carbons (Fsp3) is 0.400. The lowest BCUT2D eigenvalue weighted by Crippen LogP contribution is -2.15. The third-order valence-corrected chi connectivity index (χ3v) is 4.21. The molecule has 0 fully saturated rings. The largest absolute Gasteiger partial charge is 0.392 e. The predicted octanol–water partition coefficient (Wildman–Crippen LogP) is 2.82. The predicted molar refractivity (Wildman–Crippen MR) is 79.4 cm³/mol. The third kappa shape index (κ3) is 4.08. The van der Waals surface area contributed by atoms with Gasteiger partial charge in [0.15, 0.2) is 0 Å². The molecule has 1 heterocycles. The highest BCUT2D eigenvalue weighted by molar-refractivity contribution is 7.99. The van der Waals surface area contributed by atoms with Gasteiger partial charge in [0.25, 0.3) is 0 Å². The van der Waals surface area contributed by atoms with Gasteiger partial charge < -0.3 is 5.11 Å². The van der Waals surface area contributed by atoms with Gasteiger partial charge in [-0.15, -0.1) is 11.8 Å². The van der Waals surface area contributed by atoms with Gasteiger partial charge in [-0.3, -0.25) is 4.68 Å². The first-order valence-electron chi connectivity index (χ1n) is 6.66. The highest BCUT2D eigenvalue weighted by Gasteiger charge is 2.11. The number of aromatic nitrogens is 2. The summed E-state index contributed by atoms with van der Waals surface area (Å²) >= 11 is 1.46. The van der Waals surface area contributed by atoms with E-state index in [2.05, 4.69) is 12.0 Å². The standard InChI is InChI=1S/C15H19FN2OS/c1-3-12-8-13(18(2)17-12)9-14(19)10-20-15-6-4-5-11(16)7-15/h4-8,14,19H,3,9-10H2,1-2H3. The van der Waals surface area contributed by atoms with Crippen molar-refractivity contribution in [1.82, 2.24) is 9.78 Å². The van der Waals surface area contributed by atoms with E-state index in [1.54, 1.807) is 6.07 Å². The summed E-state index contributed by atoms with van der Waals surface area (Å²) < 4.78 is 14.9. The van der Waals surface area contributed by atoms with Crippen LogP contribution in [0.25, 0.3) is 0 Å². The van der Waals surface area contributed by atoms with Crippen molar-refractivity contribution in [2.45, 2.75) is 30.8 Å². The maximum Gasteiger partial charge on any atom is 0.124 e. The van der Waals surface area contributed by atoms with Crippen LogP contribution in [0.3, 0.4) is 0 Å². The Hall–Kier alpha value is -1.33. The lowest BCUT2D eigenvalue weighted by atomic mass is 10.2. The van der Waals surface area contributed by atoms with Crippen molar-refractivity contribution in [2.24, 2.45) is 7.05 Å². The van der Waals surface area contributed by atoms with Gasteiger partial charge in [0.1, 0.15) is 5.82 Å². The van der Waals surface area contributed by atoms with Crippen molar-refractivity contribution >= 4 is 11.8 Å². The monoisotopic (exact) mass is 294 g/mol. The number of aliphatic hydroxyl groups is 1. The molecule has 1 unspecified atom stereocenters. The van der Waals surface area contributed by atoms with Gasteiger partial charge in [-0.05, 0) is 30.7 Å². The first-order chi connectivity index (χ1) is 9.58. The maximum atomic E-state index is 13.0. The lowest BCUT2D eigenvalue weighted by Gasteiger charge is -2.10. The third-order valence-electron chi connectivity index (χ3n) is 3.07. The zero-order valence-electron chi connectivity index (χ0n) is 11.7. The molecule has 0 aliphatic heterocycles. The van der Waals surface area contributed by atoms with Gasteiger partial charge in [0, 0.05) is 29.8 Å². The molecule has 0 spiro atoms. The van der Waals surface area contributed by atoms with Crippen LogP contribution in [0.4, 0.5) is 4.39 Å². The Balaban J connectivity index is 1.89. The van der Waals surface area contributed by atoms with E-state index in [0.717, 1.165) is 22.7 Å². The molecular formula is C15H19FN2OS. The molecule has 0 amide bonds. The van der Waals surface area contributed by atoms with Crippen molar-refractivity contribution in [1.29, 1.82) is 0 Å². The second-order valence-corrected chi connectivity index (χ2v) is 5.82. The number of hydrogen-bond donors (Lipinski definition) is 1. The minimum atomic E-state index is -0.469. The van der Waals surface area contributed by atoms with E-state index in [1.807, 2.05) is 23.9 Å². The molecule has 0 saturated carbocycles. The highest BCUT2D eigenvalue weighted by atomic mass is 32.2. The van der Waals surface area contributed by atoms with E-state index in [0.29, 0.717) is 12.2 Å². The lowest BCUT2D eigenvalue weighted by molar-refractivity contribution is 0.197. The number of benzene rings is 1. The molecule has 108 valence electrons.